The van der Waals surface area contributed by atoms with Gasteiger partial charge in [0.25, 0.3) is 0 Å². The Labute approximate surface area is 40.7 Å². The van der Waals surface area contributed by atoms with Gasteiger partial charge in [0.1, 0.15) is 0 Å². The van der Waals surface area contributed by atoms with E-state index in [0.717, 1.165) is 0 Å². The van der Waals surface area contributed by atoms with Crippen molar-refractivity contribution < 1.29 is 5.11 Å². The molecule has 0 amide bonds. The molecule has 0 rings (SSSR count). The highest BCUT2D eigenvalue weighted by molar-refractivity contribution is 4.78. The maximum atomic E-state index is 9.83. The van der Waals surface area contributed by atoms with Crippen molar-refractivity contribution in [1.29, 1.82) is 0 Å². The Balaban J connectivity index is 3.32. The van der Waals surface area contributed by atoms with E-state index in [-0.39, 0.29) is 12.3 Å². The van der Waals surface area contributed by atoms with E-state index in [0.29, 0.717) is 0 Å². The Hall–Kier alpha value is -1.15. The lowest BCUT2D eigenvalue weighted by Gasteiger charge is -2.00. The number of nitrogens with zero attached hydrogens (tertiary/aromatic N) is 3. The minimum Gasteiger partial charge on any atom is -0.876 e. The van der Waals surface area contributed by atoms with Crippen molar-refractivity contribution in [3.63, 3.8) is 0 Å². The van der Waals surface area contributed by atoms with E-state index in [9.17, 15) is 5.11 Å². The number of azide groups is 1. The third kappa shape index (κ3) is 4.85. The SMILES string of the molecule is C=C([O-])CN=[N+]=[N-]. The van der Waals surface area contributed by atoms with Crippen molar-refractivity contribution in [2.45, 2.75) is 0 Å². The van der Waals surface area contributed by atoms with E-state index in [4.69, 9.17) is 5.53 Å². The van der Waals surface area contributed by atoms with Crippen LogP contribution in [0.5, 0.6) is 0 Å². The second-order valence-electron chi connectivity index (χ2n) is 0.928. The molecule has 0 aliphatic carbocycles. The van der Waals surface area contributed by atoms with Crippen molar-refractivity contribution in [3.05, 3.63) is 22.8 Å². The van der Waals surface area contributed by atoms with Gasteiger partial charge in [-0.3, -0.25) is 0 Å². The van der Waals surface area contributed by atoms with Gasteiger partial charge in [0.2, 0.25) is 0 Å². The minimum atomic E-state index is -0.363. The van der Waals surface area contributed by atoms with Crippen molar-refractivity contribution >= 4 is 0 Å². The molecule has 0 saturated heterocycles. The molecule has 7 heavy (non-hydrogen) atoms. The summed E-state index contributed by atoms with van der Waals surface area (Å²) in [5.41, 5.74) is 7.59. The molecule has 0 aliphatic heterocycles. The van der Waals surface area contributed by atoms with Crippen LogP contribution in [0.1, 0.15) is 0 Å². The van der Waals surface area contributed by atoms with Gasteiger partial charge in [0.15, 0.2) is 0 Å². The molecular weight excluding hydrogens is 94.1 g/mol. The smallest absolute Gasteiger partial charge is 0.0363 e. The Morgan fingerprint density at radius 2 is 2.57 bits per heavy atom. The molecule has 0 aliphatic rings. The number of rotatable bonds is 2. The van der Waals surface area contributed by atoms with Gasteiger partial charge in [0.05, 0.1) is 0 Å². The molecular formula is C3H4N3O-. The largest absolute Gasteiger partial charge is 0.876 e. The second kappa shape index (κ2) is 3.06. The summed E-state index contributed by atoms with van der Waals surface area (Å²) in [6, 6.07) is 0. The Morgan fingerprint density at radius 3 is 2.71 bits per heavy atom. The van der Waals surface area contributed by atoms with Gasteiger partial charge in [-0.25, -0.2) is 0 Å². The lowest BCUT2D eigenvalue weighted by Crippen LogP contribution is -2.03. The summed E-state index contributed by atoms with van der Waals surface area (Å²) in [6.07, 6.45) is 0. The van der Waals surface area contributed by atoms with Crippen molar-refractivity contribution in [2.24, 2.45) is 5.11 Å². The summed E-state index contributed by atoms with van der Waals surface area (Å²) in [6.45, 7) is 2.83. The van der Waals surface area contributed by atoms with Crippen LogP contribution in [-0.2, 0) is 0 Å². The van der Waals surface area contributed by atoms with Crippen LogP contribution in [0.15, 0.2) is 17.5 Å². The molecule has 38 valence electrons. The first kappa shape index (κ1) is 5.85. The van der Waals surface area contributed by atoms with Crippen molar-refractivity contribution in [1.82, 2.24) is 0 Å². The van der Waals surface area contributed by atoms with Gasteiger partial charge in [-0.05, 0) is 5.53 Å². The second-order valence-corrected chi connectivity index (χ2v) is 0.928. The first-order valence-electron chi connectivity index (χ1n) is 1.63. The van der Waals surface area contributed by atoms with Crippen LogP contribution in [0, 0.1) is 0 Å². The minimum absolute atomic E-state index is 0.142. The molecule has 0 radical (unpaired) electrons. The summed E-state index contributed by atoms with van der Waals surface area (Å²) in [4.78, 5) is 2.34. The van der Waals surface area contributed by atoms with Gasteiger partial charge >= 0.3 is 0 Å². The van der Waals surface area contributed by atoms with Crippen LogP contribution >= 0.6 is 0 Å². The number of hydrogen-bond acceptors (Lipinski definition) is 2. The fourth-order valence-electron chi connectivity index (χ4n) is 0.110. The van der Waals surface area contributed by atoms with Gasteiger partial charge in [-0.15, -0.1) is 12.3 Å². The van der Waals surface area contributed by atoms with Gasteiger partial charge < -0.3 is 5.11 Å². The Kier molecular flexibility index (Phi) is 2.55. The monoisotopic (exact) mass is 98.0 g/mol. The lowest BCUT2D eigenvalue weighted by molar-refractivity contribution is -0.302. The van der Waals surface area contributed by atoms with Gasteiger partial charge in [0, 0.05) is 11.5 Å². The van der Waals surface area contributed by atoms with E-state index in [1.165, 1.54) is 0 Å². The average Bonchev–Trinajstić information content (AvgIpc) is 1.61. The third-order valence-corrected chi connectivity index (χ3v) is 0.310. The molecule has 0 heterocycles. The molecule has 0 aromatic heterocycles. The van der Waals surface area contributed by atoms with Gasteiger partial charge in [-0.1, -0.05) is 5.11 Å². The zero-order valence-corrected chi connectivity index (χ0v) is 3.66. The average molecular weight is 98.1 g/mol. The highest BCUT2D eigenvalue weighted by Gasteiger charge is 1.66. The molecule has 0 N–H and O–H groups in total. The molecule has 0 atom stereocenters. The predicted molar refractivity (Wildman–Crippen MR) is 23.2 cm³/mol. The van der Waals surface area contributed by atoms with E-state index < -0.39 is 0 Å². The van der Waals surface area contributed by atoms with Crippen molar-refractivity contribution in [2.75, 3.05) is 6.54 Å². The first-order valence-corrected chi connectivity index (χ1v) is 1.63. The zero-order valence-electron chi connectivity index (χ0n) is 3.66. The quantitative estimate of drug-likeness (QED) is 0.210. The van der Waals surface area contributed by atoms with E-state index in [1.54, 1.807) is 0 Å². The standard InChI is InChI=1S/C3H5N3O/c1-3(7)2-5-6-4/h7H,1-2H2/p-1. The Morgan fingerprint density at radius 1 is 2.00 bits per heavy atom. The predicted octanol–water partition coefficient (Wildman–Crippen LogP) is 0.171. The van der Waals surface area contributed by atoms with Crippen LogP contribution < -0.4 is 5.11 Å². The fraction of sp³-hybridized carbons (Fsp3) is 0.333. The van der Waals surface area contributed by atoms with Crippen LogP contribution in [-0.4, -0.2) is 6.54 Å². The zero-order chi connectivity index (χ0) is 5.70. The summed E-state index contributed by atoms with van der Waals surface area (Å²) in [7, 11) is 0. The molecule has 0 aromatic rings. The molecule has 0 fully saturated rings. The lowest BCUT2D eigenvalue weighted by atomic mass is 10.6. The normalized spacial score (nSPS) is 6.86. The maximum absolute atomic E-state index is 9.83. The van der Waals surface area contributed by atoms with Crippen LogP contribution in [0.4, 0.5) is 0 Å². The molecule has 0 unspecified atom stereocenters. The molecule has 0 saturated carbocycles. The highest BCUT2D eigenvalue weighted by atomic mass is 16.3. The van der Waals surface area contributed by atoms with Gasteiger partial charge in [-0.2, -0.15) is 0 Å². The first-order chi connectivity index (χ1) is 3.27. The summed E-state index contributed by atoms with van der Waals surface area (Å²) < 4.78 is 0. The summed E-state index contributed by atoms with van der Waals surface area (Å²) in [5.74, 6) is -0.363. The van der Waals surface area contributed by atoms with E-state index in [1.807, 2.05) is 0 Å². The maximum Gasteiger partial charge on any atom is 0.0363 e. The number of hydrogen-bond donors (Lipinski definition) is 0. The van der Waals surface area contributed by atoms with Crippen LogP contribution in [0.3, 0.4) is 0 Å². The molecule has 0 bridgehead atoms. The highest BCUT2D eigenvalue weighted by Crippen LogP contribution is 1.75. The molecule has 0 aromatic carbocycles. The third-order valence-electron chi connectivity index (χ3n) is 0.310. The van der Waals surface area contributed by atoms with Crippen LogP contribution in [0.25, 0.3) is 10.4 Å². The Bertz CT molecular complexity index is 113. The molecule has 4 nitrogen and oxygen atoms in total. The summed E-state index contributed by atoms with van der Waals surface area (Å²) in [5, 5.41) is 12.8. The molecule has 4 heteroatoms. The van der Waals surface area contributed by atoms with E-state index in [2.05, 4.69) is 16.6 Å². The van der Waals surface area contributed by atoms with E-state index >= 15 is 0 Å². The molecule has 0 spiro atoms. The topological polar surface area (TPSA) is 71.8 Å². The fourth-order valence-corrected chi connectivity index (χ4v) is 0.110. The van der Waals surface area contributed by atoms with Crippen molar-refractivity contribution in [3.8, 4) is 0 Å². The summed E-state index contributed by atoms with van der Waals surface area (Å²) >= 11 is 0. The van der Waals surface area contributed by atoms with Crippen LogP contribution in [0.2, 0.25) is 0 Å².